The predicted molar refractivity (Wildman–Crippen MR) is 69.9 cm³/mol. The third-order valence-electron chi connectivity index (χ3n) is 3.03. The van der Waals surface area contributed by atoms with E-state index in [9.17, 15) is 5.11 Å². The van der Waals surface area contributed by atoms with Crippen LogP contribution in [0.25, 0.3) is 0 Å². The highest BCUT2D eigenvalue weighted by molar-refractivity contribution is 9.10. The number of halogens is 1. The van der Waals surface area contributed by atoms with Gasteiger partial charge in [-0.1, -0.05) is 29.8 Å². The molecule has 90 valence electrons. The average Bonchev–Trinajstić information content (AvgIpc) is 2.17. The van der Waals surface area contributed by atoms with Crippen LogP contribution >= 0.6 is 15.9 Å². The van der Waals surface area contributed by atoms with Gasteiger partial charge in [-0.25, -0.2) is 0 Å². The van der Waals surface area contributed by atoms with E-state index in [1.807, 2.05) is 39.0 Å². The number of aliphatic hydroxyl groups is 1. The van der Waals surface area contributed by atoms with Crippen molar-refractivity contribution >= 4 is 15.9 Å². The van der Waals surface area contributed by atoms with Crippen LogP contribution in [-0.2, 0) is 6.42 Å². The van der Waals surface area contributed by atoms with Gasteiger partial charge in [0.15, 0.2) is 0 Å². The summed E-state index contributed by atoms with van der Waals surface area (Å²) in [5.74, 6) is 1.03. The van der Waals surface area contributed by atoms with Gasteiger partial charge in [-0.2, -0.15) is 0 Å². The Bertz CT molecular complexity index is 359. The maximum Gasteiger partial charge on any atom is 0.122 e. The predicted octanol–water partition coefficient (Wildman–Crippen LogP) is 3.41. The van der Waals surface area contributed by atoms with E-state index in [-0.39, 0.29) is 5.92 Å². The van der Waals surface area contributed by atoms with E-state index in [0.29, 0.717) is 6.42 Å². The van der Waals surface area contributed by atoms with Crippen molar-refractivity contribution in [2.45, 2.75) is 32.8 Å². The number of methoxy groups -OCH3 is 1. The van der Waals surface area contributed by atoms with Crippen LogP contribution < -0.4 is 4.74 Å². The van der Waals surface area contributed by atoms with Crippen LogP contribution in [0.2, 0.25) is 0 Å². The van der Waals surface area contributed by atoms with Crippen molar-refractivity contribution in [2.24, 2.45) is 5.92 Å². The van der Waals surface area contributed by atoms with Crippen molar-refractivity contribution < 1.29 is 9.84 Å². The Kier molecular flexibility index (Phi) is 4.39. The molecule has 0 radical (unpaired) electrons. The highest BCUT2D eigenvalue weighted by Crippen LogP contribution is 2.29. The number of hydrogen-bond donors (Lipinski definition) is 1. The monoisotopic (exact) mass is 286 g/mol. The van der Waals surface area contributed by atoms with Crippen molar-refractivity contribution in [2.75, 3.05) is 7.11 Å². The number of hydrogen-bond acceptors (Lipinski definition) is 2. The summed E-state index contributed by atoms with van der Waals surface area (Å²) in [7, 11) is 1.65. The molecule has 16 heavy (non-hydrogen) atoms. The Morgan fingerprint density at radius 1 is 1.44 bits per heavy atom. The van der Waals surface area contributed by atoms with Gasteiger partial charge in [-0.15, -0.1) is 0 Å². The van der Waals surface area contributed by atoms with Crippen LogP contribution in [0.4, 0.5) is 0 Å². The van der Waals surface area contributed by atoms with Crippen molar-refractivity contribution in [1.29, 1.82) is 0 Å². The van der Waals surface area contributed by atoms with Gasteiger partial charge in [0.05, 0.1) is 12.7 Å². The number of ether oxygens (including phenoxy) is 1. The summed E-state index contributed by atoms with van der Waals surface area (Å²) in [6.07, 6.45) is 0.591. The first-order chi connectivity index (χ1) is 7.36. The molecule has 0 amide bonds. The van der Waals surface area contributed by atoms with E-state index in [4.69, 9.17) is 4.74 Å². The zero-order valence-corrected chi connectivity index (χ0v) is 11.8. The molecule has 1 atom stereocenters. The Morgan fingerprint density at radius 2 is 2.06 bits per heavy atom. The van der Waals surface area contributed by atoms with Gasteiger partial charge in [-0.05, 0) is 36.6 Å². The SMILES string of the molecule is COc1ccc(Br)cc1CC(C)(O)C(C)C. The minimum Gasteiger partial charge on any atom is -0.496 e. The standard InChI is InChI=1S/C13H19BrO2/c1-9(2)13(3,15)8-10-7-11(14)5-6-12(10)16-4/h5-7,9,15H,8H2,1-4H3. The molecule has 1 unspecified atom stereocenters. The minimum absolute atomic E-state index is 0.205. The van der Waals surface area contributed by atoms with Gasteiger partial charge in [0, 0.05) is 10.9 Å². The lowest BCUT2D eigenvalue weighted by atomic mass is 9.86. The van der Waals surface area contributed by atoms with Gasteiger partial charge < -0.3 is 9.84 Å². The molecule has 0 bridgehead atoms. The lowest BCUT2D eigenvalue weighted by Gasteiger charge is -2.28. The van der Waals surface area contributed by atoms with Crippen LogP contribution in [0.15, 0.2) is 22.7 Å². The normalized spacial score (nSPS) is 14.9. The van der Waals surface area contributed by atoms with Crippen LogP contribution in [0, 0.1) is 5.92 Å². The highest BCUT2D eigenvalue weighted by Gasteiger charge is 2.26. The van der Waals surface area contributed by atoms with Crippen molar-refractivity contribution in [3.63, 3.8) is 0 Å². The molecule has 0 fully saturated rings. The summed E-state index contributed by atoms with van der Waals surface area (Å²) in [4.78, 5) is 0. The van der Waals surface area contributed by atoms with E-state index >= 15 is 0 Å². The number of rotatable bonds is 4. The van der Waals surface area contributed by atoms with E-state index in [2.05, 4.69) is 15.9 Å². The largest absolute Gasteiger partial charge is 0.496 e. The topological polar surface area (TPSA) is 29.5 Å². The fourth-order valence-electron chi connectivity index (χ4n) is 1.48. The summed E-state index contributed by atoms with van der Waals surface area (Å²) in [5, 5.41) is 10.3. The molecule has 0 aromatic heterocycles. The maximum absolute atomic E-state index is 10.3. The minimum atomic E-state index is -0.714. The molecule has 0 aliphatic carbocycles. The molecular formula is C13H19BrO2. The molecule has 1 rings (SSSR count). The van der Waals surface area contributed by atoms with E-state index in [1.165, 1.54) is 0 Å². The first-order valence-corrected chi connectivity index (χ1v) is 6.21. The van der Waals surface area contributed by atoms with E-state index in [1.54, 1.807) is 7.11 Å². The first-order valence-electron chi connectivity index (χ1n) is 5.41. The quantitative estimate of drug-likeness (QED) is 0.919. The van der Waals surface area contributed by atoms with Crippen LogP contribution in [0.3, 0.4) is 0 Å². The van der Waals surface area contributed by atoms with Crippen LogP contribution in [-0.4, -0.2) is 17.8 Å². The fourth-order valence-corrected chi connectivity index (χ4v) is 1.88. The Hall–Kier alpha value is -0.540. The fraction of sp³-hybridized carbons (Fsp3) is 0.538. The first kappa shape index (κ1) is 13.5. The van der Waals surface area contributed by atoms with Gasteiger partial charge in [0.2, 0.25) is 0 Å². The molecule has 0 saturated heterocycles. The van der Waals surface area contributed by atoms with Gasteiger partial charge in [0.25, 0.3) is 0 Å². The van der Waals surface area contributed by atoms with Crippen molar-refractivity contribution in [3.8, 4) is 5.75 Å². The molecule has 0 heterocycles. The molecule has 1 aromatic carbocycles. The molecule has 1 N–H and O–H groups in total. The summed E-state index contributed by atoms with van der Waals surface area (Å²) >= 11 is 3.43. The second-order valence-corrected chi connectivity index (χ2v) is 5.56. The molecule has 0 spiro atoms. The van der Waals surface area contributed by atoms with Crippen LogP contribution in [0.5, 0.6) is 5.75 Å². The second kappa shape index (κ2) is 5.19. The highest BCUT2D eigenvalue weighted by atomic mass is 79.9. The molecule has 0 saturated carbocycles. The third kappa shape index (κ3) is 3.22. The Morgan fingerprint density at radius 3 is 2.56 bits per heavy atom. The summed E-state index contributed by atoms with van der Waals surface area (Å²) < 4.78 is 6.30. The molecule has 0 aliphatic rings. The molecule has 2 nitrogen and oxygen atoms in total. The average molecular weight is 287 g/mol. The van der Waals surface area contributed by atoms with Gasteiger partial charge in [-0.3, -0.25) is 0 Å². The Labute approximate surface area is 106 Å². The Balaban J connectivity index is 2.99. The van der Waals surface area contributed by atoms with Gasteiger partial charge in [0.1, 0.15) is 5.75 Å². The maximum atomic E-state index is 10.3. The molecule has 0 aliphatic heterocycles. The van der Waals surface area contributed by atoms with Crippen molar-refractivity contribution in [3.05, 3.63) is 28.2 Å². The third-order valence-corrected chi connectivity index (χ3v) is 3.53. The zero-order valence-electron chi connectivity index (χ0n) is 10.2. The molecular weight excluding hydrogens is 268 g/mol. The van der Waals surface area contributed by atoms with E-state index in [0.717, 1.165) is 15.8 Å². The molecule has 3 heteroatoms. The van der Waals surface area contributed by atoms with Crippen molar-refractivity contribution in [1.82, 2.24) is 0 Å². The summed E-state index contributed by atoms with van der Waals surface area (Å²) in [6.45, 7) is 5.90. The number of benzene rings is 1. The lowest BCUT2D eigenvalue weighted by Crippen LogP contribution is -2.33. The summed E-state index contributed by atoms with van der Waals surface area (Å²) in [5.41, 5.74) is 0.309. The smallest absolute Gasteiger partial charge is 0.122 e. The summed E-state index contributed by atoms with van der Waals surface area (Å²) in [6, 6.07) is 5.85. The van der Waals surface area contributed by atoms with E-state index < -0.39 is 5.60 Å². The molecule has 1 aromatic rings. The van der Waals surface area contributed by atoms with Gasteiger partial charge >= 0.3 is 0 Å². The second-order valence-electron chi connectivity index (χ2n) is 4.64. The lowest BCUT2D eigenvalue weighted by molar-refractivity contribution is 0.0135. The van der Waals surface area contributed by atoms with Crippen LogP contribution in [0.1, 0.15) is 26.3 Å². The zero-order chi connectivity index (χ0) is 12.3.